The van der Waals surface area contributed by atoms with Crippen LogP contribution in [0.5, 0.6) is 0 Å². The molecule has 0 saturated carbocycles. The number of hydrogen-bond acceptors (Lipinski definition) is 4. The molecule has 6 heteroatoms. The van der Waals surface area contributed by atoms with Gasteiger partial charge in [0.2, 0.25) is 5.91 Å². The van der Waals surface area contributed by atoms with E-state index in [2.05, 4.69) is 10.2 Å². The minimum Gasteiger partial charge on any atom is -0.354 e. The second-order valence-electron chi connectivity index (χ2n) is 4.73. The molecular weight excluding hydrogens is 238 g/mol. The molecule has 1 aliphatic rings. The van der Waals surface area contributed by atoms with E-state index in [1.54, 1.807) is 6.26 Å². The van der Waals surface area contributed by atoms with Gasteiger partial charge in [-0.1, -0.05) is 0 Å². The van der Waals surface area contributed by atoms with Gasteiger partial charge >= 0.3 is 0 Å². The molecule has 1 aliphatic heterocycles. The first-order valence-corrected chi connectivity index (χ1v) is 7.68. The van der Waals surface area contributed by atoms with Crippen LogP contribution in [0.4, 0.5) is 0 Å². The first-order chi connectivity index (χ1) is 7.99. The van der Waals surface area contributed by atoms with Gasteiger partial charge in [0, 0.05) is 48.0 Å². The normalized spacial score (nSPS) is 22.1. The maximum absolute atomic E-state index is 11.6. The van der Waals surface area contributed by atoms with E-state index >= 15 is 0 Å². The molecule has 1 heterocycles. The Hall–Kier alpha value is -0.460. The molecule has 0 aromatic carbocycles. The van der Waals surface area contributed by atoms with Gasteiger partial charge in [-0.05, 0) is 19.8 Å². The SMILES string of the molecule is CC(CNC(=O)CN1CCC(N)CC1)S(C)=O. The third-order valence-electron chi connectivity index (χ3n) is 3.15. The van der Waals surface area contributed by atoms with Crippen LogP contribution in [-0.2, 0) is 15.6 Å². The summed E-state index contributed by atoms with van der Waals surface area (Å²) in [6, 6.07) is 0.289. The van der Waals surface area contributed by atoms with Crippen molar-refractivity contribution < 1.29 is 9.00 Å². The summed E-state index contributed by atoms with van der Waals surface area (Å²) in [6.07, 6.45) is 3.58. The average Bonchev–Trinajstić information content (AvgIpc) is 2.29. The molecule has 0 aromatic heterocycles. The topological polar surface area (TPSA) is 75.4 Å². The monoisotopic (exact) mass is 261 g/mol. The smallest absolute Gasteiger partial charge is 0.234 e. The molecule has 1 amide bonds. The van der Waals surface area contributed by atoms with Crippen molar-refractivity contribution >= 4 is 16.7 Å². The molecule has 5 nitrogen and oxygen atoms in total. The van der Waals surface area contributed by atoms with Gasteiger partial charge in [0.1, 0.15) is 0 Å². The van der Waals surface area contributed by atoms with Gasteiger partial charge in [0.25, 0.3) is 0 Å². The van der Waals surface area contributed by atoms with E-state index in [0.29, 0.717) is 13.1 Å². The van der Waals surface area contributed by atoms with Crippen molar-refractivity contribution in [3.05, 3.63) is 0 Å². The van der Waals surface area contributed by atoms with Gasteiger partial charge in [-0.15, -0.1) is 0 Å². The largest absolute Gasteiger partial charge is 0.354 e. The Morgan fingerprint density at radius 3 is 2.65 bits per heavy atom. The summed E-state index contributed by atoms with van der Waals surface area (Å²) in [5.41, 5.74) is 5.80. The number of carbonyl (C=O) groups excluding carboxylic acids is 1. The second kappa shape index (κ2) is 7.08. The van der Waals surface area contributed by atoms with Crippen LogP contribution in [0.1, 0.15) is 19.8 Å². The average molecular weight is 261 g/mol. The van der Waals surface area contributed by atoms with Crippen LogP contribution in [0.15, 0.2) is 0 Å². The third-order valence-corrected chi connectivity index (χ3v) is 4.45. The number of hydrogen-bond donors (Lipinski definition) is 2. The lowest BCUT2D eigenvalue weighted by Crippen LogP contribution is -2.45. The lowest BCUT2D eigenvalue weighted by Gasteiger charge is -2.29. The van der Waals surface area contributed by atoms with E-state index in [-0.39, 0.29) is 17.2 Å². The van der Waals surface area contributed by atoms with Crippen molar-refractivity contribution in [3.63, 3.8) is 0 Å². The number of amides is 1. The Morgan fingerprint density at radius 1 is 1.53 bits per heavy atom. The fourth-order valence-electron chi connectivity index (χ4n) is 1.74. The fourth-order valence-corrected chi connectivity index (χ4v) is 2.06. The van der Waals surface area contributed by atoms with Gasteiger partial charge in [-0.2, -0.15) is 0 Å². The van der Waals surface area contributed by atoms with Crippen molar-refractivity contribution in [1.29, 1.82) is 0 Å². The highest BCUT2D eigenvalue weighted by atomic mass is 32.2. The highest BCUT2D eigenvalue weighted by molar-refractivity contribution is 7.84. The summed E-state index contributed by atoms with van der Waals surface area (Å²) >= 11 is 0. The Bertz CT molecular complexity index is 278. The predicted molar refractivity (Wildman–Crippen MR) is 70.2 cm³/mol. The van der Waals surface area contributed by atoms with Crippen LogP contribution in [0, 0.1) is 0 Å². The van der Waals surface area contributed by atoms with Gasteiger partial charge in [-0.3, -0.25) is 13.9 Å². The molecule has 0 aliphatic carbocycles. The summed E-state index contributed by atoms with van der Waals surface area (Å²) in [7, 11) is -0.883. The first-order valence-electron chi connectivity index (χ1n) is 6.06. The van der Waals surface area contributed by atoms with E-state index in [1.807, 2.05) is 6.92 Å². The van der Waals surface area contributed by atoms with Crippen molar-refractivity contribution in [1.82, 2.24) is 10.2 Å². The Balaban J connectivity index is 2.19. The van der Waals surface area contributed by atoms with Gasteiger partial charge in [-0.25, -0.2) is 0 Å². The highest BCUT2D eigenvalue weighted by Crippen LogP contribution is 2.07. The van der Waals surface area contributed by atoms with Crippen LogP contribution in [0.2, 0.25) is 0 Å². The molecule has 0 bridgehead atoms. The van der Waals surface area contributed by atoms with E-state index in [9.17, 15) is 9.00 Å². The van der Waals surface area contributed by atoms with E-state index in [0.717, 1.165) is 25.9 Å². The quantitative estimate of drug-likeness (QED) is 0.686. The molecule has 0 aromatic rings. The zero-order chi connectivity index (χ0) is 12.8. The molecule has 0 spiro atoms. The highest BCUT2D eigenvalue weighted by Gasteiger charge is 2.18. The zero-order valence-electron chi connectivity index (χ0n) is 10.6. The molecule has 1 rings (SSSR count). The number of likely N-dealkylation sites (tertiary alicyclic amines) is 1. The molecule has 1 saturated heterocycles. The summed E-state index contributed by atoms with van der Waals surface area (Å²) < 4.78 is 11.1. The molecule has 2 atom stereocenters. The third kappa shape index (κ3) is 5.61. The number of nitrogens with zero attached hydrogens (tertiary/aromatic N) is 1. The fraction of sp³-hybridized carbons (Fsp3) is 0.909. The van der Waals surface area contributed by atoms with Gasteiger partial charge < -0.3 is 11.1 Å². The first kappa shape index (κ1) is 14.6. The number of carbonyl (C=O) groups is 1. The van der Waals surface area contributed by atoms with E-state index < -0.39 is 10.8 Å². The Morgan fingerprint density at radius 2 is 2.12 bits per heavy atom. The molecule has 2 unspecified atom stereocenters. The molecule has 1 fully saturated rings. The summed E-state index contributed by atoms with van der Waals surface area (Å²) in [6.45, 7) is 4.56. The molecule has 17 heavy (non-hydrogen) atoms. The lowest BCUT2D eigenvalue weighted by molar-refractivity contribution is -0.122. The van der Waals surface area contributed by atoms with Crippen molar-refractivity contribution in [2.24, 2.45) is 5.73 Å². The zero-order valence-corrected chi connectivity index (χ0v) is 11.5. The number of nitrogens with one attached hydrogen (secondary N) is 1. The summed E-state index contributed by atoms with van der Waals surface area (Å²) in [5.74, 6) is 0.0118. The Kier molecular flexibility index (Phi) is 6.08. The van der Waals surface area contributed by atoms with Crippen LogP contribution >= 0.6 is 0 Å². The van der Waals surface area contributed by atoms with Crippen LogP contribution < -0.4 is 11.1 Å². The van der Waals surface area contributed by atoms with E-state index in [1.165, 1.54) is 0 Å². The molecule has 3 N–H and O–H groups in total. The molecule has 0 radical (unpaired) electrons. The number of nitrogens with two attached hydrogens (primary N) is 1. The van der Waals surface area contributed by atoms with Gasteiger partial charge in [0.05, 0.1) is 6.54 Å². The van der Waals surface area contributed by atoms with Crippen LogP contribution in [0.25, 0.3) is 0 Å². The molecule has 100 valence electrons. The molecular formula is C11H23N3O2S. The minimum atomic E-state index is -0.883. The maximum atomic E-state index is 11.6. The van der Waals surface area contributed by atoms with E-state index in [4.69, 9.17) is 5.73 Å². The summed E-state index contributed by atoms with van der Waals surface area (Å²) in [4.78, 5) is 13.8. The van der Waals surface area contributed by atoms with Crippen molar-refractivity contribution in [3.8, 4) is 0 Å². The minimum absolute atomic E-state index is 0.00808. The standard InChI is InChI=1S/C11H23N3O2S/c1-9(17(2)16)7-13-11(15)8-14-5-3-10(12)4-6-14/h9-10H,3-8,12H2,1-2H3,(H,13,15). The van der Waals surface area contributed by atoms with Crippen LogP contribution in [0.3, 0.4) is 0 Å². The lowest BCUT2D eigenvalue weighted by atomic mass is 10.1. The van der Waals surface area contributed by atoms with Gasteiger partial charge in [0.15, 0.2) is 0 Å². The van der Waals surface area contributed by atoms with Crippen LogP contribution in [-0.4, -0.2) is 58.7 Å². The summed E-state index contributed by atoms with van der Waals surface area (Å²) in [5, 5.41) is 2.83. The Labute approximate surface area is 106 Å². The van der Waals surface area contributed by atoms with Crippen molar-refractivity contribution in [2.75, 3.05) is 32.4 Å². The second-order valence-corrected chi connectivity index (χ2v) is 6.53. The van der Waals surface area contributed by atoms with Crippen molar-refractivity contribution in [2.45, 2.75) is 31.1 Å². The maximum Gasteiger partial charge on any atom is 0.234 e. The number of piperidine rings is 1. The number of rotatable bonds is 5. The predicted octanol–water partition coefficient (Wildman–Crippen LogP) is -0.707.